The molecule has 5 nitrogen and oxygen atoms in total. The Morgan fingerprint density at radius 1 is 1.23 bits per heavy atom. The number of guanidine groups is 1. The fraction of sp³-hybridized carbons (Fsp3) is 0.263. The summed E-state index contributed by atoms with van der Waals surface area (Å²) in [5.41, 5.74) is 3.13. The van der Waals surface area contributed by atoms with Crippen molar-refractivity contribution < 1.29 is 4.79 Å². The van der Waals surface area contributed by atoms with E-state index < -0.39 is 0 Å². The Hall–Kier alpha value is -1.80. The van der Waals surface area contributed by atoms with E-state index in [1.807, 2.05) is 42.5 Å². The predicted octanol–water partition coefficient (Wildman–Crippen LogP) is 3.75. The molecule has 1 unspecified atom stereocenters. The molecule has 2 aromatic rings. The predicted molar refractivity (Wildman–Crippen MR) is 117 cm³/mol. The molecular weight excluding hydrogens is 463 g/mol. The molecule has 7 heteroatoms. The summed E-state index contributed by atoms with van der Waals surface area (Å²) in [6.45, 7) is 1.27. The molecule has 2 aromatic carbocycles. The molecule has 1 aliphatic rings. The summed E-state index contributed by atoms with van der Waals surface area (Å²) < 4.78 is 0. The summed E-state index contributed by atoms with van der Waals surface area (Å²) in [5.74, 6) is 0.866. The van der Waals surface area contributed by atoms with Gasteiger partial charge in [-0.25, -0.2) is 0 Å². The first kappa shape index (κ1) is 20.5. The van der Waals surface area contributed by atoms with Crippen molar-refractivity contribution in [2.75, 3.05) is 18.9 Å². The molecule has 1 atom stereocenters. The lowest BCUT2D eigenvalue weighted by molar-refractivity contribution is -0.116. The van der Waals surface area contributed by atoms with Gasteiger partial charge in [-0.05, 0) is 29.3 Å². The van der Waals surface area contributed by atoms with Crippen molar-refractivity contribution in [1.29, 1.82) is 0 Å². The largest absolute Gasteiger partial charge is 0.356 e. The standard InChI is InChI=1S/C19H21ClN4O.HI/c1-21-19(22-11-13-5-4-6-15(20)9-13)23-12-14-10-18(25)24-17-8-3-2-7-16(14)17;/h2-9,14H,10-12H2,1H3,(H,24,25)(H2,21,22,23);1H. The zero-order valence-corrected chi connectivity index (χ0v) is 17.5. The van der Waals surface area contributed by atoms with Gasteiger partial charge < -0.3 is 16.0 Å². The minimum absolute atomic E-state index is 0. The number of anilines is 1. The number of nitrogens with one attached hydrogen (secondary N) is 3. The van der Waals surface area contributed by atoms with Crippen molar-refractivity contribution in [3.8, 4) is 0 Å². The lowest BCUT2D eigenvalue weighted by Gasteiger charge is -2.26. The van der Waals surface area contributed by atoms with E-state index in [2.05, 4.69) is 27.0 Å². The van der Waals surface area contributed by atoms with Gasteiger partial charge in [-0.3, -0.25) is 9.79 Å². The van der Waals surface area contributed by atoms with Gasteiger partial charge >= 0.3 is 0 Å². The van der Waals surface area contributed by atoms with Crippen LogP contribution in [0.25, 0.3) is 0 Å². The van der Waals surface area contributed by atoms with Crippen LogP contribution in [0.2, 0.25) is 5.02 Å². The van der Waals surface area contributed by atoms with Gasteiger partial charge in [-0.1, -0.05) is 41.9 Å². The monoisotopic (exact) mass is 484 g/mol. The Bertz CT molecular complexity index is 797. The second-order valence-corrected chi connectivity index (χ2v) is 6.41. The van der Waals surface area contributed by atoms with Crippen LogP contribution in [0.5, 0.6) is 0 Å². The highest BCUT2D eigenvalue weighted by Gasteiger charge is 2.24. The first-order chi connectivity index (χ1) is 12.2. The third-order valence-electron chi connectivity index (χ3n) is 4.20. The van der Waals surface area contributed by atoms with Gasteiger partial charge in [0.2, 0.25) is 5.91 Å². The molecule has 0 saturated carbocycles. The molecular formula is C19H22ClIN4O. The summed E-state index contributed by atoms with van der Waals surface area (Å²) in [6, 6.07) is 15.6. The van der Waals surface area contributed by atoms with E-state index in [-0.39, 0.29) is 35.8 Å². The molecule has 1 heterocycles. The van der Waals surface area contributed by atoms with E-state index in [1.54, 1.807) is 7.05 Å². The molecule has 0 fully saturated rings. The van der Waals surface area contributed by atoms with E-state index in [0.29, 0.717) is 30.5 Å². The smallest absolute Gasteiger partial charge is 0.225 e. The average molecular weight is 485 g/mol. The number of halogens is 2. The number of hydrogen-bond acceptors (Lipinski definition) is 2. The molecule has 0 saturated heterocycles. The van der Waals surface area contributed by atoms with Gasteiger partial charge in [0.1, 0.15) is 0 Å². The number of aliphatic imine (C=N–C) groups is 1. The molecule has 0 bridgehead atoms. The number of hydrogen-bond donors (Lipinski definition) is 3. The van der Waals surface area contributed by atoms with Gasteiger partial charge in [-0.2, -0.15) is 0 Å². The van der Waals surface area contributed by atoms with Gasteiger partial charge in [0.05, 0.1) is 0 Å². The highest BCUT2D eigenvalue weighted by molar-refractivity contribution is 14.0. The maximum Gasteiger partial charge on any atom is 0.225 e. The molecule has 1 aliphatic heterocycles. The maximum atomic E-state index is 11.9. The summed E-state index contributed by atoms with van der Waals surface area (Å²) in [7, 11) is 1.73. The number of fused-ring (bicyclic) bond motifs is 1. The van der Waals surface area contributed by atoms with Crippen LogP contribution in [0.1, 0.15) is 23.5 Å². The highest BCUT2D eigenvalue weighted by atomic mass is 127. The second-order valence-electron chi connectivity index (χ2n) is 5.97. The normalized spacial score (nSPS) is 16.2. The number of benzene rings is 2. The molecule has 0 radical (unpaired) electrons. The summed E-state index contributed by atoms with van der Waals surface area (Å²) >= 11 is 6.01. The number of rotatable bonds is 4. The Labute approximate surface area is 175 Å². The van der Waals surface area contributed by atoms with Gasteiger partial charge in [0.15, 0.2) is 5.96 Å². The van der Waals surface area contributed by atoms with Gasteiger partial charge in [0, 0.05) is 43.2 Å². The molecule has 26 heavy (non-hydrogen) atoms. The van der Waals surface area contributed by atoms with Crippen molar-refractivity contribution in [3.63, 3.8) is 0 Å². The quantitative estimate of drug-likeness (QED) is 0.352. The molecule has 3 rings (SSSR count). The van der Waals surface area contributed by atoms with Crippen molar-refractivity contribution in [1.82, 2.24) is 10.6 Å². The van der Waals surface area contributed by atoms with Crippen LogP contribution in [0.3, 0.4) is 0 Å². The van der Waals surface area contributed by atoms with Gasteiger partial charge in [0.25, 0.3) is 0 Å². The maximum absolute atomic E-state index is 11.9. The zero-order chi connectivity index (χ0) is 17.6. The summed E-state index contributed by atoms with van der Waals surface area (Å²) in [6.07, 6.45) is 0.468. The van der Waals surface area contributed by atoms with Crippen molar-refractivity contribution >= 4 is 53.1 Å². The SMILES string of the molecule is CN=C(NCc1cccc(Cl)c1)NCC1CC(=O)Nc2ccccc21.I. The van der Waals surface area contributed by atoms with Crippen LogP contribution in [-0.4, -0.2) is 25.5 Å². The molecule has 0 aliphatic carbocycles. The first-order valence-corrected chi connectivity index (χ1v) is 8.61. The first-order valence-electron chi connectivity index (χ1n) is 8.23. The fourth-order valence-electron chi connectivity index (χ4n) is 2.96. The fourth-order valence-corrected chi connectivity index (χ4v) is 3.17. The third kappa shape index (κ3) is 5.35. The van der Waals surface area contributed by atoms with Crippen LogP contribution >= 0.6 is 35.6 Å². The van der Waals surface area contributed by atoms with Crippen LogP contribution in [0.4, 0.5) is 5.69 Å². The average Bonchev–Trinajstić information content (AvgIpc) is 2.61. The molecule has 0 spiro atoms. The minimum Gasteiger partial charge on any atom is -0.356 e. The van der Waals surface area contributed by atoms with E-state index in [0.717, 1.165) is 16.8 Å². The lowest BCUT2D eigenvalue weighted by atomic mass is 9.90. The highest BCUT2D eigenvalue weighted by Crippen LogP contribution is 2.31. The van der Waals surface area contributed by atoms with Gasteiger partial charge in [-0.15, -0.1) is 24.0 Å². The van der Waals surface area contributed by atoms with Crippen molar-refractivity contribution in [2.24, 2.45) is 4.99 Å². The number of amides is 1. The number of nitrogens with zero attached hydrogens (tertiary/aromatic N) is 1. The number of para-hydroxylation sites is 1. The Morgan fingerprint density at radius 3 is 2.81 bits per heavy atom. The molecule has 138 valence electrons. The van der Waals surface area contributed by atoms with E-state index in [9.17, 15) is 4.79 Å². The minimum atomic E-state index is 0. The summed E-state index contributed by atoms with van der Waals surface area (Å²) in [4.78, 5) is 16.1. The topological polar surface area (TPSA) is 65.5 Å². The summed E-state index contributed by atoms with van der Waals surface area (Å²) in [5, 5.41) is 10.2. The lowest BCUT2D eigenvalue weighted by Crippen LogP contribution is -2.40. The molecule has 3 N–H and O–H groups in total. The van der Waals surface area contributed by atoms with E-state index in [1.165, 1.54) is 0 Å². The number of carbonyl (C=O) groups excluding carboxylic acids is 1. The van der Waals surface area contributed by atoms with Crippen LogP contribution in [-0.2, 0) is 11.3 Å². The molecule has 0 aromatic heterocycles. The Balaban J connectivity index is 0.00000243. The Kier molecular flexibility index (Phi) is 7.71. The second kappa shape index (κ2) is 9.78. The zero-order valence-electron chi connectivity index (χ0n) is 14.5. The van der Waals surface area contributed by atoms with Crippen LogP contribution in [0, 0.1) is 0 Å². The van der Waals surface area contributed by atoms with E-state index in [4.69, 9.17) is 11.6 Å². The Morgan fingerprint density at radius 2 is 2.04 bits per heavy atom. The van der Waals surface area contributed by atoms with Crippen LogP contribution in [0.15, 0.2) is 53.5 Å². The van der Waals surface area contributed by atoms with Crippen molar-refractivity contribution in [2.45, 2.75) is 18.9 Å². The molecule has 1 amide bonds. The van der Waals surface area contributed by atoms with E-state index >= 15 is 0 Å². The van der Waals surface area contributed by atoms with Crippen molar-refractivity contribution in [3.05, 3.63) is 64.7 Å². The number of carbonyl (C=O) groups is 1. The third-order valence-corrected chi connectivity index (χ3v) is 4.43. The van der Waals surface area contributed by atoms with Crippen LogP contribution < -0.4 is 16.0 Å².